The van der Waals surface area contributed by atoms with Gasteiger partial charge in [-0.15, -0.1) is 5.10 Å². The first-order chi connectivity index (χ1) is 13.5. The number of nitrogens with one attached hydrogen (secondary N) is 2. The van der Waals surface area contributed by atoms with E-state index in [1.54, 1.807) is 10.7 Å². The van der Waals surface area contributed by atoms with E-state index in [4.69, 9.17) is 11.6 Å². The molecule has 4 aromatic rings. The normalized spacial score (nSPS) is 11.2. The highest BCUT2D eigenvalue weighted by Gasteiger charge is 2.10. The molecule has 0 saturated carbocycles. The van der Waals surface area contributed by atoms with Gasteiger partial charge in [0.1, 0.15) is 0 Å². The van der Waals surface area contributed by atoms with E-state index >= 15 is 0 Å². The van der Waals surface area contributed by atoms with Gasteiger partial charge in [0.05, 0.1) is 5.69 Å². The second kappa shape index (κ2) is 7.47. The smallest absolute Gasteiger partial charge is 0.275 e. The summed E-state index contributed by atoms with van der Waals surface area (Å²) in [5, 5.41) is 12.4. The van der Waals surface area contributed by atoms with E-state index in [0.717, 1.165) is 35.4 Å². The standard InChI is InChI=1S/C19H20ClN7O/c1-3-4-14-10-17(28)27-19(22-14)23-18(25-27)21-11-13-9-12(5-6-15(13)20)16-7-8-26(2)24-16/h5-10H,3-4,11H2,1-2H3,(H2,21,22,23,25). The van der Waals surface area contributed by atoms with Crippen molar-refractivity contribution in [1.29, 1.82) is 0 Å². The fourth-order valence-corrected chi connectivity index (χ4v) is 3.21. The number of hydrogen-bond acceptors (Lipinski definition) is 5. The fourth-order valence-electron chi connectivity index (χ4n) is 3.03. The maximum Gasteiger partial charge on any atom is 0.275 e. The Morgan fingerprint density at radius 3 is 2.82 bits per heavy atom. The van der Waals surface area contributed by atoms with E-state index in [1.165, 1.54) is 4.52 Å². The third-order valence-corrected chi connectivity index (χ3v) is 4.77. The molecule has 28 heavy (non-hydrogen) atoms. The molecule has 0 aliphatic heterocycles. The SMILES string of the molecule is CCCc1cc(=O)n2nc(NCc3cc(-c4ccn(C)n4)ccc3Cl)nc2[nH]1. The first-order valence-electron chi connectivity index (χ1n) is 9.05. The maximum atomic E-state index is 12.2. The Kier molecular flexibility index (Phi) is 4.87. The molecule has 4 rings (SSSR count). The van der Waals surface area contributed by atoms with Gasteiger partial charge in [-0.3, -0.25) is 9.48 Å². The fraction of sp³-hybridized carbons (Fsp3) is 0.263. The summed E-state index contributed by atoms with van der Waals surface area (Å²) >= 11 is 6.35. The van der Waals surface area contributed by atoms with Crippen molar-refractivity contribution in [1.82, 2.24) is 29.4 Å². The second-order valence-electron chi connectivity index (χ2n) is 6.59. The summed E-state index contributed by atoms with van der Waals surface area (Å²) in [7, 11) is 1.88. The number of benzene rings is 1. The summed E-state index contributed by atoms with van der Waals surface area (Å²) < 4.78 is 3.01. The van der Waals surface area contributed by atoms with Crippen LogP contribution in [0.15, 0.2) is 41.3 Å². The van der Waals surface area contributed by atoms with E-state index in [1.807, 2.05) is 37.5 Å². The molecule has 3 heterocycles. The molecule has 9 heteroatoms. The van der Waals surface area contributed by atoms with E-state index in [2.05, 4.69) is 32.4 Å². The molecule has 0 amide bonds. The Balaban J connectivity index is 1.57. The van der Waals surface area contributed by atoms with Gasteiger partial charge in [0.2, 0.25) is 11.7 Å². The Morgan fingerprint density at radius 1 is 1.21 bits per heavy atom. The molecule has 144 valence electrons. The molecule has 8 nitrogen and oxygen atoms in total. The van der Waals surface area contributed by atoms with Crippen LogP contribution in [0, 0.1) is 0 Å². The highest BCUT2D eigenvalue weighted by atomic mass is 35.5. The van der Waals surface area contributed by atoms with E-state index in [9.17, 15) is 4.79 Å². The van der Waals surface area contributed by atoms with Crippen molar-refractivity contribution in [2.24, 2.45) is 7.05 Å². The quantitative estimate of drug-likeness (QED) is 0.521. The molecule has 0 aliphatic rings. The van der Waals surface area contributed by atoms with Crippen molar-refractivity contribution in [3.8, 4) is 11.3 Å². The molecule has 0 bridgehead atoms. The van der Waals surface area contributed by atoms with Crippen LogP contribution < -0.4 is 10.9 Å². The first-order valence-corrected chi connectivity index (χ1v) is 9.42. The van der Waals surface area contributed by atoms with Crippen LogP contribution in [0.3, 0.4) is 0 Å². The van der Waals surface area contributed by atoms with Crippen molar-refractivity contribution >= 4 is 23.3 Å². The molecule has 2 N–H and O–H groups in total. The number of anilines is 1. The van der Waals surface area contributed by atoms with Crippen LogP contribution in [0.4, 0.5) is 5.95 Å². The topological polar surface area (TPSA) is 92.9 Å². The van der Waals surface area contributed by atoms with Crippen LogP contribution in [0.2, 0.25) is 5.02 Å². The third kappa shape index (κ3) is 3.63. The van der Waals surface area contributed by atoms with Gasteiger partial charge in [-0.05, 0) is 30.2 Å². The highest BCUT2D eigenvalue weighted by Crippen LogP contribution is 2.24. The molecular weight excluding hydrogens is 378 g/mol. The van der Waals surface area contributed by atoms with Gasteiger partial charge in [0.15, 0.2) is 0 Å². The predicted molar refractivity (Wildman–Crippen MR) is 109 cm³/mol. The van der Waals surface area contributed by atoms with Crippen LogP contribution >= 0.6 is 11.6 Å². The number of H-pyrrole nitrogens is 1. The van der Waals surface area contributed by atoms with E-state index in [-0.39, 0.29) is 5.56 Å². The highest BCUT2D eigenvalue weighted by molar-refractivity contribution is 6.31. The summed E-state index contributed by atoms with van der Waals surface area (Å²) in [6, 6.07) is 9.27. The zero-order valence-electron chi connectivity index (χ0n) is 15.6. The molecule has 0 radical (unpaired) electrons. The molecule has 1 aromatic carbocycles. The van der Waals surface area contributed by atoms with Crippen LogP contribution in [-0.4, -0.2) is 29.4 Å². The minimum atomic E-state index is -0.201. The number of rotatable bonds is 6. The lowest BCUT2D eigenvalue weighted by molar-refractivity contribution is 0.771. The van der Waals surface area contributed by atoms with E-state index < -0.39 is 0 Å². The monoisotopic (exact) mass is 397 g/mol. The number of nitrogens with zero attached hydrogens (tertiary/aromatic N) is 5. The van der Waals surface area contributed by atoms with Crippen LogP contribution in [-0.2, 0) is 20.0 Å². The number of hydrogen-bond donors (Lipinski definition) is 2. The van der Waals surface area contributed by atoms with Gasteiger partial charge in [-0.25, -0.2) is 0 Å². The number of aromatic amines is 1. The third-order valence-electron chi connectivity index (χ3n) is 4.40. The number of halogens is 1. The molecule has 0 unspecified atom stereocenters. The van der Waals surface area contributed by atoms with Crippen molar-refractivity contribution < 1.29 is 0 Å². The lowest BCUT2D eigenvalue weighted by Gasteiger charge is -2.07. The molecule has 0 saturated heterocycles. The lowest BCUT2D eigenvalue weighted by atomic mass is 10.1. The summed E-state index contributed by atoms with van der Waals surface area (Å²) in [5.74, 6) is 0.785. The lowest BCUT2D eigenvalue weighted by Crippen LogP contribution is -2.15. The summed E-state index contributed by atoms with van der Waals surface area (Å²) in [5.41, 5.74) is 3.39. The summed E-state index contributed by atoms with van der Waals surface area (Å²) in [6.45, 7) is 2.48. The first kappa shape index (κ1) is 18.2. The predicted octanol–water partition coefficient (Wildman–Crippen LogP) is 3.04. The maximum absolute atomic E-state index is 12.2. The van der Waals surface area contributed by atoms with Gasteiger partial charge in [0, 0.05) is 42.1 Å². The Labute approximate surface area is 166 Å². The minimum absolute atomic E-state index is 0.201. The number of aryl methyl sites for hydroxylation is 2. The van der Waals surface area contributed by atoms with Crippen molar-refractivity contribution in [2.75, 3.05) is 5.32 Å². The summed E-state index contributed by atoms with van der Waals surface area (Å²) in [4.78, 5) is 19.7. The zero-order chi connectivity index (χ0) is 19.7. The average molecular weight is 398 g/mol. The van der Waals surface area contributed by atoms with Gasteiger partial charge >= 0.3 is 0 Å². The molecule has 0 spiro atoms. The van der Waals surface area contributed by atoms with Crippen LogP contribution in [0.5, 0.6) is 0 Å². The molecule has 0 fully saturated rings. The van der Waals surface area contributed by atoms with Gasteiger partial charge in [0.25, 0.3) is 5.56 Å². The average Bonchev–Trinajstić information content (AvgIpc) is 3.28. The Hall–Kier alpha value is -3.13. The molecule has 3 aromatic heterocycles. The summed E-state index contributed by atoms with van der Waals surface area (Å²) in [6.07, 6.45) is 3.63. The molecular formula is C19H20ClN7O. The minimum Gasteiger partial charge on any atom is -0.349 e. The van der Waals surface area contributed by atoms with Gasteiger partial charge in [-0.2, -0.15) is 14.6 Å². The Morgan fingerprint density at radius 2 is 2.07 bits per heavy atom. The van der Waals surface area contributed by atoms with Crippen LogP contribution in [0.1, 0.15) is 24.6 Å². The molecule has 0 atom stereocenters. The van der Waals surface area contributed by atoms with Gasteiger partial charge < -0.3 is 10.3 Å². The number of aromatic nitrogens is 6. The Bertz CT molecular complexity index is 1190. The van der Waals surface area contributed by atoms with Crippen molar-refractivity contribution in [3.63, 3.8) is 0 Å². The van der Waals surface area contributed by atoms with Crippen LogP contribution in [0.25, 0.3) is 17.0 Å². The van der Waals surface area contributed by atoms with E-state index in [0.29, 0.717) is 23.3 Å². The van der Waals surface area contributed by atoms with Gasteiger partial charge in [-0.1, -0.05) is 31.0 Å². The largest absolute Gasteiger partial charge is 0.349 e. The van der Waals surface area contributed by atoms with Crippen molar-refractivity contribution in [2.45, 2.75) is 26.3 Å². The zero-order valence-corrected chi connectivity index (χ0v) is 16.4. The molecule has 0 aliphatic carbocycles. The van der Waals surface area contributed by atoms with Crippen molar-refractivity contribution in [3.05, 3.63) is 63.2 Å². The second-order valence-corrected chi connectivity index (χ2v) is 7.00. The number of fused-ring (bicyclic) bond motifs is 1.